The van der Waals surface area contributed by atoms with Crippen molar-refractivity contribution in [3.8, 4) is 5.75 Å². The van der Waals surface area contributed by atoms with Crippen molar-refractivity contribution >= 4 is 11.8 Å². The summed E-state index contributed by atoms with van der Waals surface area (Å²) in [5, 5.41) is 0. The standard InChI is InChI=1S/C15H18O4/c1-2-3-9-18-15(17)10-19-14-6-4-5-11-12(14)7-8-13(11)16/h4-6H,2-3,7-10H2,1H3. The van der Waals surface area contributed by atoms with Crippen LogP contribution in [-0.4, -0.2) is 25.0 Å². The second kappa shape index (κ2) is 6.36. The van der Waals surface area contributed by atoms with E-state index in [1.54, 1.807) is 18.2 Å². The van der Waals surface area contributed by atoms with Gasteiger partial charge in [0.25, 0.3) is 0 Å². The monoisotopic (exact) mass is 262 g/mol. The molecule has 0 atom stereocenters. The van der Waals surface area contributed by atoms with Crippen molar-refractivity contribution in [2.24, 2.45) is 0 Å². The largest absolute Gasteiger partial charge is 0.482 e. The SMILES string of the molecule is CCCCOC(=O)COc1cccc2c1CCC2=O. The summed E-state index contributed by atoms with van der Waals surface area (Å²) in [6, 6.07) is 5.37. The van der Waals surface area contributed by atoms with Gasteiger partial charge in [0.05, 0.1) is 6.61 Å². The fourth-order valence-corrected chi connectivity index (χ4v) is 2.10. The summed E-state index contributed by atoms with van der Waals surface area (Å²) >= 11 is 0. The summed E-state index contributed by atoms with van der Waals surface area (Å²) in [7, 11) is 0. The maximum atomic E-state index is 11.6. The Labute approximate surface area is 112 Å². The van der Waals surface area contributed by atoms with Crippen molar-refractivity contribution in [3.63, 3.8) is 0 Å². The zero-order valence-corrected chi connectivity index (χ0v) is 11.1. The fraction of sp³-hybridized carbons (Fsp3) is 0.467. The quantitative estimate of drug-likeness (QED) is 0.584. The van der Waals surface area contributed by atoms with Crippen LogP contribution in [0.15, 0.2) is 18.2 Å². The lowest BCUT2D eigenvalue weighted by atomic mass is 10.1. The van der Waals surface area contributed by atoms with Gasteiger partial charge in [0, 0.05) is 17.5 Å². The molecule has 2 rings (SSSR count). The van der Waals surface area contributed by atoms with Crippen LogP contribution in [0.25, 0.3) is 0 Å². The molecule has 0 N–H and O–H groups in total. The van der Waals surface area contributed by atoms with Crippen molar-refractivity contribution in [1.29, 1.82) is 0 Å². The fourth-order valence-electron chi connectivity index (χ4n) is 2.10. The van der Waals surface area contributed by atoms with Gasteiger partial charge < -0.3 is 9.47 Å². The van der Waals surface area contributed by atoms with Crippen molar-refractivity contribution in [1.82, 2.24) is 0 Å². The Morgan fingerprint density at radius 3 is 2.95 bits per heavy atom. The van der Waals surface area contributed by atoms with Gasteiger partial charge in [0.2, 0.25) is 0 Å². The molecule has 1 aliphatic rings. The van der Waals surface area contributed by atoms with Crippen LogP contribution in [0.1, 0.15) is 42.1 Å². The van der Waals surface area contributed by atoms with Gasteiger partial charge in [-0.1, -0.05) is 25.5 Å². The highest BCUT2D eigenvalue weighted by molar-refractivity contribution is 6.01. The van der Waals surface area contributed by atoms with E-state index in [4.69, 9.17) is 9.47 Å². The summed E-state index contributed by atoms with van der Waals surface area (Å²) in [4.78, 5) is 23.0. The Morgan fingerprint density at radius 2 is 2.16 bits per heavy atom. The van der Waals surface area contributed by atoms with Crippen LogP contribution >= 0.6 is 0 Å². The van der Waals surface area contributed by atoms with Gasteiger partial charge in [0.1, 0.15) is 5.75 Å². The third-order valence-corrected chi connectivity index (χ3v) is 3.14. The van der Waals surface area contributed by atoms with Gasteiger partial charge in [-0.25, -0.2) is 4.79 Å². The third-order valence-electron chi connectivity index (χ3n) is 3.14. The highest BCUT2D eigenvalue weighted by atomic mass is 16.6. The molecule has 1 aromatic carbocycles. The van der Waals surface area contributed by atoms with E-state index in [0.717, 1.165) is 24.0 Å². The number of benzene rings is 1. The van der Waals surface area contributed by atoms with Crippen LogP contribution < -0.4 is 4.74 Å². The number of hydrogen-bond donors (Lipinski definition) is 0. The average molecular weight is 262 g/mol. The van der Waals surface area contributed by atoms with E-state index in [-0.39, 0.29) is 18.4 Å². The molecular weight excluding hydrogens is 244 g/mol. The minimum absolute atomic E-state index is 0.103. The summed E-state index contributed by atoms with van der Waals surface area (Å²) in [5.74, 6) is 0.400. The number of carbonyl (C=O) groups excluding carboxylic acids is 2. The van der Waals surface area contributed by atoms with Crippen molar-refractivity contribution in [2.45, 2.75) is 32.6 Å². The lowest BCUT2D eigenvalue weighted by Crippen LogP contribution is -2.16. The normalized spacial score (nSPS) is 13.2. The molecule has 0 amide bonds. The number of fused-ring (bicyclic) bond motifs is 1. The van der Waals surface area contributed by atoms with E-state index in [0.29, 0.717) is 25.2 Å². The van der Waals surface area contributed by atoms with Crippen molar-refractivity contribution in [3.05, 3.63) is 29.3 Å². The van der Waals surface area contributed by atoms with Crippen LogP contribution in [-0.2, 0) is 16.0 Å². The molecule has 1 aromatic rings. The summed E-state index contributed by atoms with van der Waals surface area (Å²) in [6.07, 6.45) is 3.06. The molecule has 0 saturated heterocycles. The van der Waals surface area contributed by atoms with Crippen LogP contribution in [0, 0.1) is 0 Å². The van der Waals surface area contributed by atoms with E-state index in [9.17, 15) is 9.59 Å². The summed E-state index contributed by atoms with van der Waals surface area (Å²) < 4.78 is 10.5. The molecule has 0 radical (unpaired) electrons. The molecule has 4 nitrogen and oxygen atoms in total. The molecule has 4 heteroatoms. The molecule has 0 spiro atoms. The zero-order chi connectivity index (χ0) is 13.7. The highest BCUT2D eigenvalue weighted by Gasteiger charge is 2.22. The van der Waals surface area contributed by atoms with Crippen LogP contribution in [0.3, 0.4) is 0 Å². The van der Waals surface area contributed by atoms with Gasteiger partial charge in [-0.15, -0.1) is 0 Å². The number of ether oxygens (including phenoxy) is 2. The lowest BCUT2D eigenvalue weighted by Gasteiger charge is -2.10. The topological polar surface area (TPSA) is 52.6 Å². The average Bonchev–Trinajstić information content (AvgIpc) is 2.79. The molecule has 0 unspecified atom stereocenters. The van der Waals surface area contributed by atoms with Crippen LogP contribution in [0.5, 0.6) is 5.75 Å². The first-order valence-electron chi connectivity index (χ1n) is 6.66. The molecule has 0 fully saturated rings. The maximum absolute atomic E-state index is 11.6. The predicted octanol–water partition coefficient (Wildman–Crippen LogP) is 2.54. The van der Waals surface area contributed by atoms with E-state index in [1.165, 1.54) is 0 Å². The number of ketones is 1. The smallest absolute Gasteiger partial charge is 0.344 e. The van der Waals surface area contributed by atoms with Gasteiger partial charge in [-0.2, -0.15) is 0 Å². The predicted molar refractivity (Wildman–Crippen MR) is 70.5 cm³/mol. The number of carbonyl (C=O) groups is 2. The van der Waals surface area contributed by atoms with E-state index >= 15 is 0 Å². The summed E-state index contributed by atoms with van der Waals surface area (Å²) in [6.45, 7) is 2.37. The maximum Gasteiger partial charge on any atom is 0.344 e. The Kier molecular flexibility index (Phi) is 4.55. The minimum Gasteiger partial charge on any atom is -0.482 e. The molecule has 102 valence electrons. The Morgan fingerprint density at radius 1 is 1.32 bits per heavy atom. The minimum atomic E-state index is -0.365. The molecular formula is C15H18O4. The van der Waals surface area contributed by atoms with E-state index in [1.807, 2.05) is 6.92 Å². The lowest BCUT2D eigenvalue weighted by molar-refractivity contribution is -0.146. The zero-order valence-electron chi connectivity index (χ0n) is 11.1. The van der Waals surface area contributed by atoms with E-state index in [2.05, 4.69) is 0 Å². The molecule has 1 aliphatic carbocycles. The van der Waals surface area contributed by atoms with Crippen LogP contribution in [0.4, 0.5) is 0 Å². The van der Waals surface area contributed by atoms with Gasteiger partial charge in [-0.05, 0) is 18.9 Å². The molecule has 0 saturated carbocycles. The first-order valence-corrected chi connectivity index (χ1v) is 6.66. The first-order chi connectivity index (χ1) is 9.22. The second-order valence-corrected chi connectivity index (χ2v) is 4.57. The number of esters is 1. The number of Topliss-reactive ketones (excluding diaryl/α,β-unsaturated/α-hetero) is 1. The molecule has 0 heterocycles. The third kappa shape index (κ3) is 3.34. The first kappa shape index (κ1) is 13.6. The molecule has 0 bridgehead atoms. The van der Waals surface area contributed by atoms with Crippen LogP contribution in [0.2, 0.25) is 0 Å². The van der Waals surface area contributed by atoms with Crippen molar-refractivity contribution in [2.75, 3.05) is 13.2 Å². The second-order valence-electron chi connectivity index (χ2n) is 4.57. The van der Waals surface area contributed by atoms with E-state index < -0.39 is 0 Å². The highest BCUT2D eigenvalue weighted by Crippen LogP contribution is 2.30. The Hall–Kier alpha value is -1.84. The number of rotatable bonds is 6. The summed E-state index contributed by atoms with van der Waals surface area (Å²) in [5.41, 5.74) is 1.63. The number of hydrogen-bond acceptors (Lipinski definition) is 4. The van der Waals surface area contributed by atoms with Gasteiger partial charge in [0.15, 0.2) is 12.4 Å². The van der Waals surface area contributed by atoms with Gasteiger partial charge >= 0.3 is 5.97 Å². The molecule has 0 aromatic heterocycles. The molecule has 19 heavy (non-hydrogen) atoms. The Balaban J connectivity index is 1.90. The number of unbranched alkanes of at least 4 members (excludes halogenated alkanes) is 1. The van der Waals surface area contributed by atoms with Gasteiger partial charge in [-0.3, -0.25) is 4.79 Å². The Bertz CT molecular complexity index is 479. The van der Waals surface area contributed by atoms with Crippen molar-refractivity contribution < 1.29 is 19.1 Å². The molecule has 0 aliphatic heterocycles.